The molecular weight excluding hydrogens is 314 g/mol. The first-order chi connectivity index (χ1) is 12.1. The number of benzene rings is 2. The van der Waals surface area contributed by atoms with E-state index in [1.54, 1.807) is 12.1 Å². The first-order valence-electron chi connectivity index (χ1n) is 8.79. The molecule has 1 fully saturated rings. The summed E-state index contributed by atoms with van der Waals surface area (Å²) in [5, 5.41) is 9.78. The molecule has 0 aromatic heterocycles. The van der Waals surface area contributed by atoms with Gasteiger partial charge in [0, 0.05) is 31.0 Å². The fraction of sp³-hybridized carbons (Fsp3) is 0.333. The number of carbonyl (C=O) groups is 2. The zero-order valence-corrected chi connectivity index (χ0v) is 14.2. The fourth-order valence-corrected chi connectivity index (χ4v) is 3.35. The Morgan fingerprint density at radius 3 is 2.28 bits per heavy atom. The van der Waals surface area contributed by atoms with Crippen molar-refractivity contribution >= 4 is 11.7 Å². The van der Waals surface area contributed by atoms with Crippen LogP contribution in [-0.2, 0) is 11.2 Å². The number of ketones is 1. The van der Waals surface area contributed by atoms with Crippen LogP contribution in [0.2, 0.25) is 0 Å². The number of likely N-dealkylation sites (tertiary alicyclic amines) is 1. The number of amides is 1. The Hall–Kier alpha value is -2.62. The summed E-state index contributed by atoms with van der Waals surface area (Å²) >= 11 is 0. The van der Waals surface area contributed by atoms with Gasteiger partial charge in [-0.1, -0.05) is 48.5 Å². The van der Waals surface area contributed by atoms with Gasteiger partial charge in [0.2, 0.25) is 5.91 Å². The molecule has 0 radical (unpaired) electrons. The van der Waals surface area contributed by atoms with Crippen LogP contribution >= 0.6 is 0 Å². The topological polar surface area (TPSA) is 57.6 Å². The highest BCUT2D eigenvalue weighted by molar-refractivity contribution is 5.98. The molecule has 2 aromatic rings. The second kappa shape index (κ2) is 7.97. The molecule has 1 amide bonds. The summed E-state index contributed by atoms with van der Waals surface area (Å²) in [6, 6.07) is 16.5. The van der Waals surface area contributed by atoms with Crippen molar-refractivity contribution < 1.29 is 14.7 Å². The van der Waals surface area contributed by atoms with Gasteiger partial charge in [-0.15, -0.1) is 0 Å². The van der Waals surface area contributed by atoms with Crippen molar-refractivity contribution in [2.75, 3.05) is 13.1 Å². The molecule has 0 atom stereocenters. The van der Waals surface area contributed by atoms with Crippen LogP contribution in [-0.4, -0.2) is 34.8 Å². The van der Waals surface area contributed by atoms with Gasteiger partial charge >= 0.3 is 0 Å². The number of aromatic hydroxyl groups is 1. The maximum absolute atomic E-state index is 12.5. The zero-order valence-electron chi connectivity index (χ0n) is 14.2. The smallest absolute Gasteiger partial charge is 0.222 e. The van der Waals surface area contributed by atoms with Gasteiger partial charge in [-0.05, 0) is 30.9 Å². The third kappa shape index (κ3) is 4.27. The number of Topliss-reactive ketones (excluding diaryl/α,β-unsaturated/α-hetero) is 1. The molecule has 4 nitrogen and oxygen atoms in total. The molecule has 130 valence electrons. The maximum Gasteiger partial charge on any atom is 0.222 e. The molecule has 3 rings (SSSR count). The number of phenols is 1. The zero-order chi connectivity index (χ0) is 17.6. The second-order valence-corrected chi connectivity index (χ2v) is 6.51. The van der Waals surface area contributed by atoms with Crippen molar-refractivity contribution in [1.29, 1.82) is 0 Å². The van der Waals surface area contributed by atoms with E-state index in [1.807, 2.05) is 47.4 Å². The highest BCUT2D eigenvalue weighted by atomic mass is 16.3. The lowest BCUT2D eigenvalue weighted by atomic mass is 9.89. The largest absolute Gasteiger partial charge is 0.508 e. The molecule has 4 heteroatoms. The Kier molecular flexibility index (Phi) is 5.49. The van der Waals surface area contributed by atoms with Crippen molar-refractivity contribution in [3.05, 3.63) is 65.7 Å². The third-order valence-corrected chi connectivity index (χ3v) is 4.88. The van der Waals surface area contributed by atoms with E-state index in [1.165, 1.54) is 0 Å². The Morgan fingerprint density at radius 2 is 1.60 bits per heavy atom. The van der Waals surface area contributed by atoms with E-state index in [4.69, 9.17) is 0 Å². The van der Waals surface area contributed by atoms with Gasteiger partial charge in [0.05, 0.1) is 0 Å². The Balaban J connectivity index is 1.49. The number of phenolic OH excluding ortho intramolecular Hbond substituents is 1. The molecule has 1 heterocycles. The predicted octanol–water partition coefficient (Wildman–Crippen LogP) is 3.45. The predicted molar refractivity (Wildman–Crippen MR) is 96.5 cm³/mol. The number of nitrogens with zero attached hydrogens (tertiary/aromatic N) is 1. The lowest BCUT2D eigenvalue weighted by Crippen LogP contribution is -2.40. The summed E-state index contributed by atoms with van der Waals surface area (Å²) in [4.78, 5) is 26.7. The lowest BCUT2D eigenvalue weighted by molar-refractivity contribution is -0.132. The highest BCUT2D eigenvalue weighted by Crippen LogP contribution is 2.23. The summed E-state index contributed by atoms with van der Waals surface area (Å²) in [5.74, 6) is 0.517. The number of piperidine rings is 1. The van der Waals surface area contributed by atoms with Crippen molar-refractivity contribution in [2.24, 2.45) is 5.92 Å². The van der Waals surface area contributed by atoms with Gasteiger partial charge in [-0.3, -0.25) is 9.59 Å². The normalized spacial score (nSPS) is 15.1. The van der Waals surface area contributed by atoms with E-state index in [-0.39, 0.29) is 23.4 Å². The molecule has 1 N–H and O–H groups in total. The molecule has 1 aliphatic heterocycles. The van der Waals surface area contributed by atoms with Crippen LogP contribution in [0.5, 0.6) is 5.75 Å². The molecule has 1 aliphatic rings. The molecule has 25 heavy (non-hydrogen) atoms. The number of aryl methyl sites for hydroxylation is 1. The second-order valence-electron chi connectivity index (χ2n) is 6.51. The lowest BCUT2D eigenvalue weighted by Gasteiger charge is -2.31. The summed E-state index contributed by atoms with van der Waals surface area (Å²) in [6.45, 7) is 1.26. The minimum atomic E-state index is 0.00428. The van der Waals surface area contributed by atoms with Crippen molar-refractivity contribution in [3.8, 4) is 5.75 Å². The van der Waals surface area contributed by atoms with E-state index in [0.29, 0.717) is 25.9 Å². The van der Waals surface area contributed by atoms with E-state index in [9.17, 15) is 14.7 Å². The number of rotatable bonds is 5. The van der Waals surface area contributed by atoms with E-state index < -0.39 is 0 Å². The monoisotopic (exact) mass is 337 g/mol. The van der Waals surface area contributed by atoms with Crippen LogP contribution in [0.15, 0.2) is 54.6 Å². The Bertz CT molecular complexity index is 734. The van der Waals surface area contributed by atoms with Gasteiger partial charge < -0.3 is 10.0 Å². The molecular formula is C21H23NO3. The third-order valence-electron chi connectivity index (χ3n) is 4.88. The Labute approximate surface area is 148 Å². The quantitative estimate of drug-likeness (QED) is 0.850. The first kappa shape index (κ1) is 17.2. The number of carbonyl (C=O) groups excluding carboxylic acids is 2. The van der Waals surface area contributed by atoms with E-state index in [0.717, 1.165) is 24.0 Å². The number of hydrogen-bond acceptors (Lipinski definition) is 3. The first-order valence-corrected chi connectivity index (χ1v) is 8.79. The van der Waals surface area contributed by atoms with Crippen molar-refractivity contribution in [2.45, 2.75) is 25.7 Å². The van der Waals surface area contributed by atoms with Gasteiger partial charge in [0.25, 0.3) is 0 Å². The van der Waals surface area contributed by atoms with Gasteiger partial charge in [-0.25, -0.2) is 0 Å². The SMILES string of the molecule is O=C(c1ccccc1)C1CCN(C(=O)CCc2ccccc2O)CC1. The summed E-state index contributed by atoms with van der Waals surface area (Å²) < 4.78 is 0. The van der Waals surface area contributed by atoms with Crippen LogP contribution in [0.4, 0.5) is 0 Å². The molecule has 0 bridgehead atoms. The van der Waals surface area contributed by atoms with Crippen LogP contribution in [0.1, 0.15) is 35.2 Å². The van der Waals surface area contributed by atoms with E-state index >= 15 is 0 Å². The summed E-state index contributed by atoms with van der Waals surface area (Å²) in [5.41, 5.74) is 1.55. The van der Waals surface area contributed by atoms with E-state index in [2.05, 4.69) is 0 Å². The summed E-state index contributed by atoms with van der Waals surface area (Å²) in [7, 11) is 0. The minimum absolute atomic E-state index is 0.00428. The molecule has 1 saturated heterocycles. The van der Waals surface area contributed by atoms with Crippen LogP contribution < -0.4 is 0 Å². The van der Waals surface area contributed by atoms with Gasteiger partial charge in [0.15, 0.2) is 5.78 Å². The van der Waals surface area contributed by atoms with Crippen molar-refractivity contribution in [1.82, 2.24) is 4.90 Å². The molecule has 0 aliphatic carbocycles. The minimum Gasteiger partial charge on any atom is -0.508 e. The summed E-state index contributed by atoms with van der Waals surface area (Å²) in [6.07, 6.45) is 2.36. The van der Waals surface area contributed by atoms with Crippen LogP contribution in [0, 0.1) is 5.92 Å². The standard InChI is InChI=1S/C21H23NO3/c23-19-9-5-4-6-16(19)10-11-20(24)22-14-12-18(13-15-22)21(25)17-7-2-1-3-8-17/h1-9,18,23H,10-15H2. The van der Waals surface area contributed by atoms with Crippen LogP contribution in [0.3, 0.4) is 0 Å². The Morgan fingerprint density at radius 1 is 0.960 bits per heavy atom. The van der Waals surface area contributed by atoms with Crippen molar-refractivity contribution in [3.63, 3.8) is 0 Å². The van der Waals surface area contributed by atoms with Gasteiger partial charge in [-0.2, -0.15) is 0 Å². The van der Waals surface area contributed by atoms with Gasteiger partial charge in [0.1, 0.15) is 5.75 Å². The van der Waals surface area contributed by atoms with Crippen LogP contribution in [0.25, 0.3) is 0 Å². The number of hydrogen-bond donors (Lipinski definition) is 1. The molecule has 2 aromatic carbocycles. The molecule has 0 saturated carbocycles. The molecule has 0 spiro atoms. The maximum atomic E-state index is 12.5. The molecule has 0 unspecified atom stereocenters. The number of para-hydroxylation sites is 1. The average molecular weight is 337 g/mol. The fourth-order valence-electron chi connectivity index (χ4n) is 3.35. The highest BCUT2D eigenvalue weighted by Gasteiger charge is 2.27. The average Bonchev–Trinajstić information content (AvgIpc) is 2.67.